The number of amides is 1. The van der Waals surface area contributed by atoms with Gasteiger partial charge in [0.2, 0.25) is 0 Å². The zero-order valence-corrected chi connectivity index (χ0v) is 17.0. The van der Waals surface area contributed by atoms with E-state index in [0.717, 1.165) is 27.6 Å². The molecule has 0 spiro atoms. The second-order valence-electron chi connectivity index (χ2n) is 6.37. The lowest BCUT2D eigenvalue weighted by atomic mass is 10.1. The standard InChI is InChI=1S/C20H20N2O3S2/c1-5-12-22-17-13(2)6-7-14(3)18(17)26-20(22)21-19(23)15-8-10-16(11-9-15)27(4,24)25/h5-11H,1,12H2,2-4H3. The molecule has 5 nitrogen and oxygen atoms in total. The van der Waals surface area contributed by atoms with Crippen molar-refractivity contribution in [3.63, 3.8) is 0 Å². The van der Waals surface area contributed by atoms with Crippen LogP contribution in [0.2, 0.25) is 0 Å². The highest BCUT2D eigenvalue weighted by Gasteiger charge is 2.13. The number of hydrogen-bond acceptors (Lipinski definition) is 4. The molecule has 0 aliphatic carbocycles. The Bertz CT molecular complexity index is 1210. The number of sulfone groups is 1. The van der Waals surface area contributed by atoms with Gasteiger partial charge in [-0.3, -0.25) is 4.79 Å². The Kier molecular flexibility index (Phi) is 5.17. The molecule has 0 unspecified atom stereocenters. The zero-order valence-electron chi connectivity index (χ0n) is 15.4. The largest absolute Gasteiger partial charge is 0.312 e. The molecule has 7 heteroatoms. The SMILES string of the molecule is C=CCn1c(=NC(=O)c2ccc(S(C)(=O)=O)cc2)sc2c(C)ccc(C)c21. The number of allylic oxidation sites excluding steroid dienone is 1. The summed E-state index contributed by atoms with van der Waals surface area (Å²) in [5.41, 5.74) is 3.64. The molecule has 0 saturated carbocycles. The summed E-state index contributed by atoms with van der Waals surface area (Å²) >= 11 is 1.47. The van der Waals surface area contributed by atoms with Gasteiger partial charge in [-0.05, 0) is 49.2 Å². The van der Waals surface area contributed by atoms with E-state index in [4.69, 9.17) is 0 Å². The lowest BCUT2D eigenvalue weighted by molar-refractivity contribution is 0.0998. The third-order valence-electron chi connectivity index (χ3n) is 4.26. The first kappa shape index (κ1) is 19.3. The van der Waals surface area contributed by atoms with Gasteiger partial charge in [-0.1, -0.05) is 29.5 Å². The maximum Gasteiger partial charge on any atom is 0.279 e. The molecular formula is C20H20N2O3S2. The molecule has 1 amide bonds. The molecule has 0 atom stereocenters. The highest BCUT2D eigenvalue weighted by molar-refractivity contribution is 7.90. The van der Waals surface area contributed by atoms with Crippen molar-refractivity contribution >= 4 is 37.3 Å². The van der Waals surface area contributed by atoms with Gasteiger partial charge in [0.25, 0.3) is 5.91 Å². The van der Waals surface area contributed by atoms with Gasteiger partial charge in [0.05, 0.1) is 15.1 Å². The number of hydrogen-bond donors (Lipinski definition) is 0. The molecule has 0 fully saturated rings. The normalized spacial score (nSPS) is 12.5. The van der Waals surface area contributed by atoms with E-state index in [1.165, 1.54) is 35.6 Å². The first-order chi connectivity index (χ1) is 12.7. The monoisotopic (exact) mass is 400 g/mol. The molecule has 2 aromatic carbocycles. The van der Waals surface area contributed by atoms with E-state index < -0.39 is 15.7 Å². The van der Waals surface area contributed by atoms with Gasteiger partial charge >= 0.3 is 0 Å². The summed E-state index contributed by atoms with van der Waals surface area (Å²) in [4.78, 5) is 17.7. The van der Waals surface area contributed by atoms with Crippen LogP contribution in [0.1, 0.15) is 21.5 Å². The lowest BCUT2D eigenvalue weighted by Crippen LogP contribution is -2.16. The minimum Gasteiger partial charge on any atom is -0.312 e. The summed E-state index contributed by atoms with van der Waals surface area (Å²) in [6.45, 7) is 8.42. The maximum atomic E-state index is 12.6. The maximum absolute atomic E-state index is 12.6. The van der Waals surface area contributed by atoms with Crippen LogP contribution < -0.4 is 4.80 Å². The summed E-state index contributed by atoms with van der Waals surface area (Å²) < 4.78 is 26.2. The number of thiazole rings is 1. The van der Waals surface area contributed by atoms with Gasteiger partial charge in [-0.2, -0.15) is 4.99 Å². The van der Waals surface area contributed by atoms with E-state index in [9.17, 15) is 13.2 Å². The summed E-state index contributed by atoms with van der Waals surface area (Å²) in [7, 11) is -3.30. The summed E-state index contributed by atoms with van der Waals surface area (Å²) in [6, 6.07) is 9.94. The summed E-state index contributed by atoms with van der Waals surface area (Å²) in [5, 5.41) is 0. The second-order valence-corrected chi connectivity index (χ2v) is 9.37. The minimum absolute atomic E-state index is 0.175. The van der Waals surface area contributed by atoms with E-state index >= 15 is 0 Å². The molecule has 0 bridgehead atoms. The third-order valence-corrected chi connectivity index (χ3v) is 6.60. The lowest BCUT2D eigenvalue weighted by Gasteiger charge is -2.05. The quantitative estimate of drug-likeness (QED) is 0.628. The van der Waals surface area contributed by atoms with Crippen LogP contribution in [-0.4, -0.2) is 25.1 Å². The van der Waals surface area contributed by atoms with Crippen LogP contribution in [0.25, 0.3) is 10.2 Å². The van der Waals surface area contributed by atoms with Crippen molar-refractivity contribution in [1.29, 1.82) is 0 Å². The van der Waals surface area contributed by atoms with Crippen molar-refractivity contribution in [2.24, 2.45) is 4.99 Å². The number of carbonyl (C=O) groups is 1. The van der Waals surface area contributed by atoms with Gasteiger partial charge in [0.15, 0.2) is 14.6 Å². The van der Waals surface area contributed by atoms with Crippen molar-refractivity contribution in [2.45, 2.75) is 25.3 Å². The molecule has 1 heterocycles. The summed E-state index contributed by atoms with van der Waals surface area (Å²) in [5.74, 6) is -0.408. The van der Waals surface area contributed by atoms with Gasteiger partial charge < -0.3 is 4.57 Å². The molecular weight excluding hydrogens is 380 g/mol. The number of aromatic nitrogens is 1. The molecule has 27 heavy (non-hydrogen) atoms. The van der Waals surface area contributed by atoms with Gasteiger partial charge in [0, 0.05) is 18.4 Å². The van der Waals surface area contributed by atoms with Crippen molar-refractivity contribution in [3.8, 4) is 0 Å². The number of carbonyl (C=O) groups excluding carboxylic acids is 1. The number of aryl methyl sites for hydroxylation is 2. The molecule has 0 radical (unpaired) electrons. The Morgan fingerprint density at radius 2 is 1.78 bits per heavy atom. The van der Waals surface area contributed by atoms with E-state index in [0.29, 0.717) is 16.9 Å². The Hall–Kier alpha value is -2.51. The predicted octanol–water partition coefficient (Wildman–Crippen LogP) is 3.65. The van der Waals surface area contributed by atoms with E-state index in [1.54, 1.807) is 6.08 Å². The van der Waals surface area contributed by atoms with Crippen molar-refractivity contribution < 1.29 is 13.2 Å². The Morgan fingerprint density at radius 3 is 2.37 bits per heavy atom. The number of fused-ring (bicyclic) bond motifs is 1. The third kappa shape index (κ3) is 3.79. The first-order valence-electron chi connectivity index (χ1n) is 8.32. The Balaban J connectivity index is 2.14. The van der Waals surface area contributed by atoms with E-state index in [1.807, 2.05) is 18.4 Å². The molecule has 1 aromatic heterocycles. The zero-order chi connectivity index (χ0) is 19.8. The number of benzene rings is 2. The minimum atomic E-state index is -3.30. The van der Waals surface area contributed by atoms with Crippen molar-refractivity contribution in [3.05, 3.63) is 70.5 Å². The van der Waals surface area contributed by atoms with Crippen LogP contribution in [0.15, 0.2) is 58.9 Å². The first-order valence-corrected chi connectivity index (χ1v) is 11.0. The van der Waals surface area contributed by atoms with Crippen LogP contribution in [0, 0.1) is 13.8 Å². The fraction of sp³-hybridized carbons (Fsp3) is 0.200. The Morgan fingerprint density at radius 1 is 1.15 bits per heavy atom. The summed E-state index contributed by atoms with van der Waals surface area (Å²) in [6.07, 6.45) is 2.91. The number of nitrogens with zero attached hydrogens (tertiary/aromatic N) is 2. The van der Waals surface area contributed by atoms with Crippen LogP contribution in [-0.2, 0) is 16.4 Å². The molecule has 0 N–H and O–H groups in total. The van der Waals surface area contributed by atoms with E-state index in [-0.39, 0.29) is 4.90 Å². The fourth-order valence-corrected chi connectivity index (χ4v) is 4.67. The molecule has 140 valence electrons. The molecule has 0 saturated heterocycles. The van der Waals surface area contributed by atoms with Crippen LogP contribution in [0.4, 0.5) is 0 Å². The van der Waals surface area contributed by atoms with Gasteiger partial charge in [-0.15, -0.1) is 6.58 Å². The topological polar surface area (TPSA) is 68.5 Å². The molecule has 0 aliphatic heterocycles. The van der Waals surface area contributed by atoms with Crippen LogP contribution in [0.5, 0.6) is 0 Å². The average Bonchev–Trinajstić information content (AvgIpc) is 2.97. The van der Waals surface area contributed by atoms with Crippen LogP contribution in [0.3, 0.4) is 0 Å². The van der Waals surface area contributed by atoms with Gasteiger partial charge in [-0.25, -0.2) is 8.42 Å². The fourth-order valence-electron chi connectivity index (χ4n) is 2.85. The predicted molar refractivity (Wildman–Crippen MR) is 109 cm³/mol. The Labute approximate surface area is 162 Å². The highest BCUT2D eigenvalue weighted by Crippen LogP contribution is 2.25. The number of rotatable bonds is 4. The van der Waals surface area contributed by atoms with Crippen molar-refractivity contribution in [1.82, 2.24) is 4.57 Å². The van der Waals surface area contributed by atoms with Crippen LogP contribution >= 0.6 is 11.3 Å². The molecule has 3 aromatic rings. The second kappa shape index (κ2) is 7.25. The molecule has 0 aliphatic rings. The highest BCUT2D eigenvalue weighted by atomic mass is 32.2. The van der Waals surface area contributed by atoms with E-state index in [2.05, 4.69) is 23.7 Å². The van der Waals surface area contributed by atoms with Gasteiger partial charge in [0.1, 0.15) is 0 Å². The molecule has 3 rings (SSSR count). The smallest absolute Gasteiger partial charge is 0.279 e. The van der Waals surface area contributed by atoms with Crippen molar-refractivity contribution in [2.75, 3.05) is 6.26 Å². The average molecular weight is 401 g/mol.